The van der Waals surface area contributed by atoms with Crippen LogP contribution in [0.1, 0.15) is 55.5 Å². The van der Waals surface area contributed by atoms with Crippen LogP contribution >= 0.6 is 0 Å². The zero-order valence-electron chi connectivity index (χ0n) is 11.6. The number of rotatable bonds is 8. The Morgan fingerprint density at radius 1 is 1.22 bits per heavy atom. The van der Waals surface area contributed by atoms with Crippen LogP contribution in [0.2, 0.25) is 0 Å². The van der Waals surface area contributed by atoms with Gasteiger partial charge in [-0.2, -0.15) is 0 Å². The van der Waals surface area contributed by atoms with E-state index in [1.165, 1.54) is 5.56 Å². The first kappa shape index (κ1) is 14.9. The molecule has 1 aromatic rings. The maximum atomic E-state index is 12.0. The van der Waals surface area contributed by atoms with Crippen molar-refractivity contribution in [1.29, 1.82) is 0 Å². The number of benzene rings is 1. The Bertz CT molecular complexity index is 371. The Balaban J connectivity index is 2.51. The summed E-state index contributed by atoms with van der Waals surface area (Å²) in [5, 5.41) is 0. The highest BCUT2D eigenvalue weighted by atomic mass is 16.1. The van der Waals surface area contributed by atoms with Gasteiger partial charge in [-0.15, -0.1) is 0 Å². The zero-order valence-corrected chi connectivity index (χ0v) is 11.6. The molecule has 2 heteroatoms. The predicted molar refractivity (Wildman–Crippen MR) is 76.8 cm³/mol. The number of Topliss-reactive ketones (excluding diaryl/α,β-unsaturated/α-hetero) is 1. The van der Waals surface area contributed by atoms with Gasteiger partial charge in [0.2, 0.25) is 0 Å². The van der Waals surface area contributed by atoms with Crippen molar-refractivity contribution >= 4 is 5.78 Å². The molecule has 0 aliphatic carbocycles. The minimum absolute atomic E-state index is 0.262. The van der Waals surface area contributed by atoms with Gasteiger partial charge in [0, 0.05) is 12.0 Å². The standard InChI is InChI=1S/C16H25NO/c1-13(2)11-14-7-6-8-15(12-14)16(18)9-4-3-5-10-17/h6-8,12-13H,3-5,9-11,17H2,1-2H3. The van der Waals surface area contributed by atoms with E-state index in [4.69, 9.17) is 5.73 Å². The molecule has 0 saturated carbocycles. The number of unbranched alkanes of at least 4 members (excludes halogenated alkanes) is 2. The van der Waals surface area contributed by atoms with Crippen molar-refractivity contribution in [1.82, 2.24) is 0 Å². The number of ketones is 1. The third kappa shape index (κ3) is 5.46. The molecule has 0 aromatic heterocycles. The smallest absolute Gasteiger partial charge is 0.162 e. The molecule has 0 spiro atoms. The molecule has 0 aliphatic heterocycles. The first-order chi connectivity index (χ1) is 8.63. The highest BCUT2D eigenvalue weighted by molar-refractivity contribution is 5.96. The second-order valence-corrected chi connectivity index (χ2v) is 5.32. The van der Waals surface area contributed by atoms with Crippen molar-refractivity contribution in [2.45, 2.75) is 46.0 Å². The van der Waals surface area contributed by atoms with Gasteiger partial charge in [0.25, 0.3) is 0 Å². The molecule has 0 unspecified atom stereocenters. The highest BCUT2D eigenvalue weighted by Gasteiger charge is 2.06. The van der Waals surface area contributed by atoms with E-state index < -0.39 is 0 Å². The minimum atomic E-state index is 0.262. The first-order valence-corrected chi connectivity index (χ1v) is 6.95. The predicted octanol–water partition coefficient (Wildman–Crippen LogP) is 3.59. The molecule has 2 nitrogen and oxygen atoms in total. The van der Waals surface area contributed by atoms with Crippen molar-refractivity contribution in [2.24, 2.45) is 11.7 Å². The molecular formula is C16H25NO. The number of nitrogens with two attached hydrogens (primary N) is 1. The Kier molecular flexibility index (Phi) is 6.66. The van der Waals surface area contributed by atoms with Crippen LogP contribution in [0.5, 0.6) is 0 Å². The molecule has 0 heterocycles. The van der Waals surface area contributed by atoms with E-state index in [2.05, 4.69) is 19.9 Å². The fourth-order valence-electron chi connectivity index (χ4n) is 2.09. The average molecular weight is 247 g/mol. The summed E-state index contributed by atoms with van der Waals surface area (Å²) in [6.07, 6.45) is 4.69. The largest absolute Gasteiger partial charge is 0.330 e. The van der Waals surface area contributed by atoms with Gasteiger partial charge < -0.3 is 5.73 Å². The summed E-state index contributed by atoms with van der Waals surface area (Å²) in [7, 11) is 0. The van der Waals surface area contributed by atoms with E-state index in [9.17, 15) is 4.79 Å². The molecule has 0 saturated heterocycles. The van der Waals surface area contributed by atoms with Crippen LogP contribution < -0.4 is 5.73 Å². The number of hydrogen-bond donors (Lipinski definition) is 1. The summed E-state index contributed by atoms with van der Waals surface area (Å²) >= 11 is 0. The van der Waals surface area contributed by atoms with E-state index in [0.717, 1.165) is 37.8 Å². The molecule has 0 radical (unpaired) electrons. The quantitative estimate of drug-likeness (QED) is 0.563. The zero-order chi connectivity index (χ0) is 13.4. The van der Waals surface area contributed by atoms with Crippen LogP contribution in [0.25, 0.3) is 0 Å². The fraction of sp³-hybridized carbons (Fsp3) is 0.562. The molecule has 0 fully saturated rings. The molecule has 2 N–H and O–H groups in total. The number of carbonyl (C=O) groups is 1. The van der Waals surface area contributed by atoms with Crippen LogP contribution in [-0.2, 0) is 6.42 Å². The lowest BCUT2D eigenvalue weighted by Crippen LogP contribution is -2.03. The molecule has 1 rings (SSSR count). The van der Waals surface area contributed by atoms with Gasteiger partial charge in [-0.25, -0.2) is 0 Å². The van der Waals surface area contributed by atoms with Crippen molar-refractivity contribution in [3.63, 3.8) is 0 Å². The lowest BCUT2D eigenvalue weighted by atomic mass is 9.98. The summed E-state index contributed by atoms with van der Waals surface area (Å²) in [5.41, 5.74) is 7.56. The lowest BCUT2D eigenvalue weighted by Gasteiger charge is -2.07. The van der Waals surface area contributed by atoms with Gasteiger partial charge in [-0.3, -0.25) is 4.79 Å². The van der Waals surface area contributed by atoms with E-state index in [-0.39, 0.29) is 5.78 Å². The molecule has 0 aliphatic rings. The van der Waals surface area contributed by atoms with Gasteiger partial charge in [0.1, 0.15) is 0 Å². The summed E-state index contributed by atoms with van der Waals surface area (Å²) in [6.45, 7) is 5.11. The topological polar surface area (TPSA) is 43.1 Å². The third-order valence-corrected chi connectivity index (χ3v) is 3.00. The van der Waals surface area contributed by atoms with E-state index in [0.29, 0.717) is 12.3 Å². The molecular weight excluding hydrogens is 222 g/mol. The first-order valence-electron chi connectivity index (χ1n) is 6.95. The third-order valence-electron chi connectivity index (χ3n) is 3.00. The maximum absolute atomic E-state index is 12.0. The fourth-order valence-corrected chi connectivity index (χ4v) is 2.09. The van der Waals surface area contributed by atoms with Crippen LogP contribution in [-0.4, -0.2) is 12.3 Å². The van der Waals surface area contributed by atoms with Gasteiger partial charge in [0.15, 0.2) is 5.78 Å². The summed E-state index contributed by atoms with van der Waals surface area (Å²) in [6, 6.07) is 8.07. The van der Waals surface area contributed by atoms with Crippen molar-refractivity contribution in [2.75, 3.05) is 6.54 Å². The van der Waals surface area contributed by atoms with Crippen LogP contribution in [0, 0.1) is 5.92 Å². The van der Waals surface area contributed by atoms with Crippen LogP contribution in [0.3, 0.4) is 0 Å². The lowest BCUT2D eigenvalue weighted by molar-refractivity contribution is 0.0979. The Labute approximate surface area is 111 Å². The molecule has 0 atom stereocenters. The van der Waals surface area contributed by atoms with E-state index in [1.807, 2.05) is 18.2 Å². The van der Waals surface area contributed by atoms with Crippen molar-refractivity contribution in [3.8, 4) is 0 Å². The van der Waals surface area contributed by atoms with Gasteiger partial charge in [-0.1, -0.05) is 38.5 Å². The average Bonchev–Trinajstić information content (AvgIpc) is 2.34. The second-order valence-electron chi connectivity index (χ2n) is 5.32. The van der Waals surface area contributed by atoms with Crippen LogP contribution in [0.4, 0.5) is 0 Å². The summed E-state index contributed by atoms with van der Waals surface area (Å²) in [5.74, 6) is 0.887. The SMILES string of the molecule is CC(C)Cc1cccc(C(=O)CCCCCN)c1. The minimum Gasteiger partial charge on any atom is -0.330 e. The summed E-state index contributed by atoms with van der Waals surface area (Å²) in [4.78, 5) is 12.0. The molecule has 0 amide bonds. The van der Waals surface area contributed by atoms with Crippen molar-refractivity contribution in [3.05, 3.63) is 35.4 Å². The van der Waals surface area contributed by atoms with Crippen molar-refractivity contribution < 1.29 is 4.79 Å². The normalized spacial score (nSPS) is 10.9. The Morgan fingerprint density at radius 2 is 2.00 bits per heavy atom. The number of hydrogen-bond acceptors (Lipinski definition) is 2. The maximum Gasteiger partial charge on any atom is 0.162 e. The second kappa shape index (κ2) is 8.04. The van der Waals surface area contributed by atoms with Crippen LogP contribution in [0.15, 0.2) is 24.3 Å². The van der Waals surface area contributed by atoms with E-state index in [1.54, 1.807) is 0 Å². The Hall–Kier alpha value is -1.15. The molecule has 100 valence electrons. The van der Waals surface area contributed by atoms with Gasteiger partial charge >= 0.3 is 0 Å². The van der Waals surface area contributed by atoms with E-state index >= 15 is 0 Å². The number of carbonyl (C=O) groups excluding carboxylic acids is 1. The summed E-state index contributed by atoms with van der Waals surface area (Å²) < 4.78 is 0. The molecule has 1 aromatic carbocycles. The van der Waals surface area contributed by atoms with Gasteiger partial charge in [-0.05, 0) is 43.4 Å². The monoisotopic (exact) mass is 247 g/mol. The molecule has 0 bridgehead atoms. The highest BCUT2D eigenvalue weighted by Crippen LogP contribution is 2.13. The molecule has 18 heavy (non-hydrogen) atoms. The van der Waals surface area contributed by atoms with Gasteiger partial charge in [0.05, 0.1) is 0 Å². The Morgan fingerprint density at radius 3 is 2.67 bits per heavy atom.